The van der Waals surface area contributed by atoms with Gasteiger partial charge >= 0.3 is 6.18 Å². The van der Waals surface area contributed by atoms with E-state index in [1.54, 1.807) is 0 Å². The first-order valence-corrected chi connectivity index (χ1v) is 10.6. The van der Waals surface area contributed by atoms with Crippen molar-refractivity contribution in [1.82, 2.24) is 24.5 Å². The largest absolute Gasteiger partial charge is 0.417 e. The summed E-state index contributed by atoms with van der Waals surface area (Å²) in [6, 6.07) is 2.30. The molecule has 0 saturated carbocycles. The van der Waals surface area contributed by atoms with Crippen molar-refractivity contribution >= 4 is 22.8 Å². The van der Waals surface area contributed by atoms with Crippen molar-refractivity contribution in [2.75, 3.05) is 29.9 Å². The van der Waals surface area contributed by atoms with E-state index in [1.807, 2.05) is 4.90 Å². The molecule has 0 aromatic carbocycles. The van der Waals surface area contributed by atoms with Crippen molar-refractivity contribution in [3.8, 4) is 0 Å². The highest BCUT2D eigenvalue weighted by atomic mass is 19.4. The Balaban J connectivity index is 1.31. The second kappa shape index (κ2) is 8.61. The SMILES string of the molecule is OC[C@H]1O[C@@H](n2cnc3c(N[C@@H]4CCN(c5ccc(C(F)(F)F)cn5)C4)ncnc32)C(O)C1O. The summed E-state index contributed by atoms with van der Waals surface area (Å²) < 4.78 is 45.4. The lowest BCUT2D eigenvalue weighted by atomic mass is 10.1. The first-order valence-electron chi connectivity index (χ1n) is 10.6. The molecule has 0 amide bonds. The number of alkyl halides is 3. The molecule has 2 fully saturated rings. The minimum Gasteiger partial charge on any atom is -0.394 e. The summed E-state index contributed by atoms with van der Waals surface area (Å²) in [6.07, 6.45) is -4.60. The summed E-state index contributed by atoms with van der Waals surface area (Å²) in [6.45, 7) is 0.649. The number of hydrogen-bond acceptors (Lipinski definition) is 10. The van der Waals surface area contributed by atoms with Crippen LogP contribution < -0.4 is 10.2 Å². The molecule has 3 aromatic heterocycles. The fourth-order valence-electron chi connectivity index (χ4n) is 4.27. The number of aliphatic hydroxyl groups excluding tert-OH is 3. The molecule has 0 aliphatic carbocycles. The number of fused-ring (bicyclic) bond motifs is 1. The van der Waals surface area contributed by atoms with E-state index < -0.39 is 42.9 Å². The van der Waals surface area contributed by atoms with E-state index in [9.17, 15) is 28.5 Å². The number of hydrogen-bond donors (Lipinski definition) is 4. The Morgan fingerprint density at radius 1 is 1.12 bits per heavy atom. The summed E-state index contributed by atoms with van der Waals surface area (Å²) in [4.78, 5) is 18.7. The lowest BCUT2D eigenvalue weighted by molar-refractivity contribution is -0.137. The number of nitrogens with zero attached hydrogens (tertiary/aromatic N) is 6. The number of halogens is 3. The summed E-state index contributed by atoms with van der Waals surface area (Å²) in [5, 5.41) is 33.0. The third kappa shape index (κ3) is 4.02. The van der Waals surface area contributed by atoms with Crippen molar-refractivity contribution in [3.63, 3.8) is 0 Å². The van der Waals surface area contributed by atoms with Crippen LogP contribution in [0.2, 0.25) is 0 Å². The molecule has 4 N–H and O–H groups in total. The highest BCUT2D eigenvalue weighted by Crippen LogP contribution is 2.33. The Morgan fingerprint density at radius 3 is 2.62 bits per heavy atom. The number of ether oxygens (including phenoxy) is 1. The van der Waals surface area contributed by atoms with E-state index in [1.165, 1.54) is 23.3 Å². The van der Waals surface area contributed by atoms with Crippen LogP contribution in [0, 0.1) is 0 Å². The van der Waals surface area contributed by atoms with Gasteiger partial charge in [0.15, 0.2) is 23.2 Å². The normalized spacial score (nSPS) is 27.6. The van der Waals surface area contributed by atoms with Gasteiger partial charge < -0.3 is 30.3 Å². The molecule has 0 radical (unpaired) electrons. The summed E-state index contributed by atoms with van der Waals surface area (Å²) in [5.74, 6) is 0.904. The molecule has 5 atom stereocenters. The van der Waals surface area contributed by atoms with Gasteiger partial charge in [-0.3, -0.25) is 4.57 Å². The Morgan fingerprint density at radius 2 is 1.94 bits per heavy atom. The molecule has 2 unspecified atom stereocenters. The van der Waals surface area contributed by atoms with Gasteiger partial charge in [0.25, 0.3) is 0 Å². The maximum atomic E-state index is 12.8. The molecule has 5 rings (SSSR count). The molecule has 34 heavy (non-hydrogen) atoms. The highest BCUT2D eigenvalue weighted by Gasteiger charge is 2.44. The minimum absolute atomic E-state index is 0.0683. The van der Waals surface area contributed by atoms with Gasteiger partial charge in [-0.2, -0.15) is 13.2 Å². The zero-order valence-electron chi connectivity index (χ0n) is 17.7. The maximum Gasteiger partial charge on any atom is 0.417 e. The molecular formula is C20H22F3N7O4. The second-order valence-corrected chi connectivity index (χ2v) is 8.25. The van der Waals surface area contributed by atoms with Crippen molar-refractivity contribution in [2.24, 2.45) is 0 Å². The average Bonchev–Trinajstić information content (AvgIpc) is 3.52. The van der Waals surface area contributed by atoms with Crippen LogP contribution in [0.3, 0.4) is 0 Å². The Labute approximate surface area is 190 Å². The van der Waals surface area contributed by atoms with E-state index in [0.717, 1.165) is 12.3 Å². The van der Waals surface area contributed by atoms with E-state index in [2.05, 4.69) is 25.3 Å². The topological polar surface area (TPSA) is 142 Å². The number of imidazole rings is 1. The molecule has 182 valence electrons. The fourth-order valence-corrected chi connectivity index (χ4v) is 4.27. The van der Waals surface area contributed by atoms with Crippen LogP contribution >= 0.6 is 0 Å². The first-order chi connectivity index (χ1) is 16.3. The number of aliphatic hydroxyl groups is 3. The van der Waals surface area contributed by atoms with Crippen LogP contribution in [0.15, 0.2) is 31.0 Å². The molecule has 2 aliphatic heterocycles. The van der Waals surface area contributed by atoms with Gasteiger partial charge in [0.05, 0.1) is 18.5 Å². The van der Waals surface area contributed by atoms with Crippen molar-refractivity contribution < 1.29 is 33.2 Å². The summed E-state index contributed by atoms with van der Waals surface area (Å²) in [7, 11) is 0. The monoisotopic (exact) mass is 481 g/mol. The van der Waals surface area contributed by atoms with Gasteiger partial charge in [0.2, 0.25) is 0 Å². The van der Waals surface area contributed by atoms with E-state index in [0.29, 0.717) is 42.3 Å². The molecule has 2 aliphatic rings. The Bertz CT molecular complexity index is 1160. The van der Waals surface area contributed by atoms with Crippen LogP contribution in [0.25, 0.3) is 11.2 Å². The van der Waals surface area contributed by atoms with Crippen LogP contribution in [-0.4, -0.2) is 83.9 Å². The van der Waals surface area contributed by atoms with E-state index in [-0.39, 0.29) is 6.04 Å². The van der Waals surface area contributed by atoms with Crippen LogP contribution in [0.1, 0.15) is 18.2 Å². The predicted molar refractivity (Wildman–Crippen MR) is 112 cm³/mol. The average molecular weight is 481 g/mol. The smallest absolute Gasteiger partial charge is 0.394 e. The third-order valence-electron chi connectivity index (χ3n) is 6.08. The van der Waals surface area contributed by atoms with Crippen molar-refractivity contribution in [2.45, 2.75) is 43.2 Å². The molecule has 3 aromatic rings. The predicted octanol–water partition coefficient (Wildman–Crippen LogP) is 0.542. The van der Waals surface area contributed by atoms with E-state index in [4.69, 9.17) is 4.74 Å². The van der Waals surface area contributed by atoms with Gasteiger partial charge in [-0.15, -0.1) is 0 Å². The first kappa shape index (κ1) is 22.7. The van der Waals surface area contributed by atoms with Gasteiger partial charge in [-0.25, -0.2) is 19.9 Å². The van der Waals surface area contributed by atoms with Crippen molar-refractivity contribution in [1.29, 1.82) is 0 Å². The molecular weight excluding hydrogens is 459 g/mol. The summed E-state index contributed by atoms with van der Waals surface area (Å²) >= 11 is 0. The fraction of sp³-hybridized carbons (Fsp3) is 0.500. The molecule has 0 bridgehead atoms. The highest BCUT2D eigenvalue weighted by molar-refractivity contribution is 5.83. The van der Waals surface area contributed by atoms with Gasteiger partial charge in [-0.1, -0.05) is 0 Å². The number of pyridine rings is 1. The number of nitrogens with one attached hydrogen (secondary N) is 1. The number of rotatable bonds is 5. The van der Waals surface area contributed by atoms with Gasteiger partial charge in [0, 0.05) is 25.3 Å². The van der Waals surface area contributed by atoms with Gasteiger partial charge in [-0.05, 0) is 18.6 Å². The van der Waals surface area contributed by atoms with E-state index >= 15 is 0 Å². The Kier molecular flexibility index (Phi) is 5.75. The standard InChI is InChI=1S/C20H22F3N7O4/c21-20(22,23)10-1-2-13(24-5-10)29-4-3-11(6-29)28-17-14-18(26-8-25-17)30(9-27-14)19-16(33)15(32)12(7-31)34-19/h1-2,5,8-9,11-12,15-16,19,31-33H,3-4,6-7H2,(H,25,26,28)/t11-,12-,15?,16?,19-/m1/s1. The summed E-state index contributed by atoms with van der Waals surface area (Å²) in [5.41, 5.74) is -0.00350. The van der Waals surface area contributed by atoms with Crippen LogP contribution in [0.5, 0.6) is 0 Å². The zero-order chi connectivity index (χ0) is 24.0. The lowest BCUT2D eigenvalue weighted by Crippen LogP contribution is -2.33. The zero-order valence-corrected chi connectivity index (χ0v) is 17.7. The molecule has 14 heteroatoms. The third-order valence-corrected chi connectivity index (χ3v) is 6.08. The minimum atomic E-state index is -4.43. The second-order valence-electron chi connectivity index (χ2n) is 8.25. The Hall–Kier alpha value is -3.07. The quantitative estimate of drug-likeness (QED) is 0.408. The maximum absolute atomic E-state index is 12.8. The molecule has 2 saturated heterocycles. The number of aromatic nitrogens is 5. The molecule has 5 heterocycles. The van der Waals surface area contributed by atoms with Crippen LogP contribution in [0.4, 0.5) is 24.8 Å². The number of anilines is 2. The molecule has 0 spiro atoms. The van der Waals surface area contributed by atoms with Gasteiger partial charge in [0.1, 0.15) is 30.5 Å². The lowest BCUT2D eigenvalue weighted by Gasteiger charge is -2.19. The van der Waals surface area contributed by atoms with Crippen molar-refractivity contribution in [3.05, 3.63) is 36.5 Å². The molecule has 11 nitrogen and oxygen atoms in total. The van der Waals surface area contributed by atoms with Crippen LogP contribution in [-0.2, 0) is 10.9 Å².